The van der Waals surface area contributed by atoms with Gasteiger partial charge in [-0.2, -0.15) is 0 Å². The maximum absolute atomic E-state index is 12.6. The summed E-state index contributed by atoms with van der Waals surface area (Å²) in [6.07, 6.45) is 1.24. The zero-order valence-corrected chi connectivity index (χ0v) is 17.4. The van der Waals surface area contributed by atoms with E-state index in [1.165, 1.54) is 24.0 Å². The van der Waals surface area contributed by atoms with Crippen LogP contribution >= 0.6 is 11.3 Å². The van der Waals surface area contributed by atoms with Gasteiger partial charge in [0.1, 0.15) is 5.01 Å². The van der Waals surface area contributed by atoms with Gasteiger partial charge in [-0.15, -0.1) is 11.3 Å². The van der Waals surface area contributed by atoms with Gasteiger partial charge in [0.2, 0.25) is 5.91 Å². The number of hydrogen-bond acceptors (Lipinski definition) is 5. The number of aryl methyl sites for hydroxylation is 1. The van der Waals surface area contributed by atoms with Gasteiger partial charge in [-0.05, 0) is 17.5 Å². The van der Waals surface area contributed by atoms with Gasteiger partial charge in [-0.3, -0.25) is 9.59 Å². The highest BCUT2D eigenvalue weighted by atomic mass is 32.1. The summed E-state index contributed by atoms with van der Waals surface area (Å²) >= 11 is 1.52. The minimum Gasteiger partial charge on any atom is -0.469 e. The van der Waals surface area contributed by atoms with Crippen molar-refractivity contribution in [1.82, 2.24) is 10.3 Å². The molecule has 1 unspecified atom stereocenters. The maximum atomic E-state index is 12.6. The summed E-state index contributed by atoms with van der Waals surface area (Å²) in [7, 11) is 1.34. The molecule has 3 aromatic rings. The Kier molecular flexibility index (Phi) is 7.14. The first-order valence-electron chi connectivity index (χ1n) is 9.54. The number of ether oxygens (including phenoxy) is 1. The highest BCUT2D eigenvalue weighted by molar-refractivity contribution is 7.13. The average Bonchev–Trinajstić information content (AvgIpc) is 3.22. The van der Waals surface area contributed by atoms with E-state index in [0.717, 1.165) is 22.6 Å². The number of nitrogens with one attached hydrogen (secondary N) is 1. The van der Waals surface area contributed by atoms with Gasteiger partial charge >= 0.3 is 5.97 Å². The van der Waals surface area contributed by atoms with Crippen LogP contribution in [0.1, 0.15) is 36.2 Å². The third-order valence-corrected chi connectivity index (χ3v) is 5.58. The Morgan fingerprint density at radius 2 is 1.83 bits per heavy atom. The van der Waals surface area contributed by atoms with Crippen LogP contribution < -0.4 is 5.32 Å². The normalized spacial score (nSPS) is 11.7. The van der Waals surface area contributed by atoms with Crippen molar-refractivity contribution >= 4 is 23.2 Å². The second kappa shape index (κ2) is 9.98. The molecule has 6 heteroatoms. The summed E-state index contributed by atoms with van der Waals surface area (Å²) in [5.74, 6) is -0.549. The molecule has 0 saturated heterocycles. The number of esters is 1. The number of benzene rings is 2. The first kappa shape index (κ1) is 20.7. The first-order chi connectivity index (χ1) is 14.1. The van der Waals surface area contributed by atoms with Crippen LogP contribution in [0, 0.1) is 0 Å². The van der Waals surface area contributed by atoms with Gasteiger partial charge in [-0.25, -0.2) is 4.98 Å². The fourth-order valence-corrected chi connectivity index (χ4v) is 3.83. The van der Waals surface area contributed by atoms with Crippen molar-refractivity contribution in [3.05, 3.63) is 76.8 Å². The predicted octanol–water partition coefficient (Wildman–Crippen LogP) is 4.34. The highest BCUT2D eigenvalue weighted by Crippen LogP contribution is 2.25. The fraction of sp³-hybridized carbons (Fsp3) is 0.261. The van der Waals surface area contributed by atoms with Crippen LogP contribution in [0.5, 0.6) is 0 Å². The number of nitrogens with zero attached hydrogens (tertiary/aromatic N) is 1. The molecule has 0 aliphatic heterocycles. The molecular formula is C23H24N2O3S. The number of carbonyl (C=O) groups excluding carboxylic acids is 2. The quantitative estimate of drug-likeness (QED) is 0.563. The summed E-state index contributed by atoms with van der Waals surface area (Å²) in [5, 5.41) is 5.73. The molecule has 5 nitrogen and oxygen atoms in total. The Morgan fingerprint density at radius 3 is 2.48 bits per heavy atom. The summed E-state index contributed by atoms with van der Waals surface area (Å²) in [5.41, 5.74) is 3.90. The smallest absolute Gasteiger partial charge is 0.307 e. The number of aromatic nitrogens is 1. The lowest BCUT2D eigenvalue weighted by Crippen LogP contribution is -2.31. The van der Waals surface area contributed by atoms with Crippen molar-refractivity contribution in [3.63, 3.8) is 0 Å². The molecule has 0 radical (unpaired) electrons. The van der Waals surface area contributed by atoms with Gasteiger partial charge in [0.25, 0.3) is 0 Å². The van der Waals surface area contributed by atoms with E-state index in [-0.39, 0.29) is 24.7 Å². The Labute approximate surface area is 174 Å². The molecule has 2 aromatic carbocycles. The molecule has 0 bridgehead atoms. The van der Waals surface area contributed by atoms with E-state index in [1.54, 1.807) is 0 Å². The van der Waals surface area contributed by atoms with Gasteiger partial charge < -0.3 is 10.1 Å². The lowest BCUT2D eigenvalue weighted by molar-refractivity contribution is -0.141. The summed E-state index contributed by atoms with van der Waals surface area (Å²) < 4.78 is 4.77. The molecular weight excluding hydrogens is 384 g/mol. The number of amides is 1. The molecule has 1 N–H and O–H groups in total. The second-order valence-electron chi connectivity index (χ2n) is 6.68. The van der Waals surface area contributed by atoms with Crippen LogP contribution in [0.3, 0.4) is 0 Å². The molecule has 29 heavy (non-hydrogen) atoms. The number of rotatable bonds is 8. The molecule has 0 fully saturated rings. The standard InChI is InChI=1S/C23H24N2O3S/c1-3-16-9-11-18(12-10-16)23-24-19(15-29-23)13-21(26)25-20(14-22(27)28-2)17-7-5-4-6-8-17/h4-12,15,20H,3,13-14H2,1-2H3,(H,25,26). The van der Waals surface area contributed by atoms with Gasteiger partial charge in [0.05, 0.1) is 31.7 Å². The van der Waals surface area contributed by atoms with E-state index < -0.39 is 6.04 Å². The van der Waals surface area contributed by atoms with Crippen molar-refractivity contribution in [1.29, 1.82) is 0 Å². The van der Waals surface area contributed by atoms with Crippen LogP contribution in [0.25, 0.3) is 10.6 Å². The Bertz CT molecular complexity index is 952. The number of methoxy groups -OCH3 is 1. The molecule has 3 rings (SSSR count). The molecule has 150 valence electrons. The van der Waals surface area contributed by atoms with E-state index >= 15 is 0 Å². The van der Waals surface area contributed by atoms with E-state index in [2.05, 4.69) is 41.5 Å². The lowest BCUT2D eigenvalue weighted by atomic mass is 10.0. The summed E-state index contributed by atoms with van der Waals surface area (Å²) in [6, 6.07) is 17.3. The van der Waals surface area contributed by atoms with Gasteiger partial charge in [0.15, 0.2) is 0 Å². The minimum atomic E-state index is -0.434. The summed E-state index contributed by atoms with van der Waals surface area (Å²) in [6.45, 7) is 2.12. The van der Waals surface area contributed by atoms with Crippen LogP contribution in [-0.2, 0) is 27.2 Å². The second-order valence-corrected chi connectivity index (χ2v) is 7.54. The molecule has 1 atom stereocenters. The van der Waals surface area contributed by atoms with Crippen molar-refractivity contribution in [3.8, 4) is 10.6 Å². The monoisotopic (exact) mass is 408 g/mol. The predicted molar refractivity (Wildman–Crippen MR) is 115 cm³/mol. The van der Waals surface area contributed by atoms with Crippen molar-refractivity contribution in [2.24, 2.45) is 0 Å². The lowest BCUT2D eigenvalue weighted by Gasteiger charge is -2.18. The number of hydrogen-bond donors (Lipinski definition) is 1. The molecule has 0 saturated carbocycles. The molecule has 1 heterocycles. The minimum absolute atomic E-state index is 0.0817. The molecule has 1 aromatic heterocycles. The first-order valence-corrected chi connectivity index (χ1v) is 10.4. The SMILES string of the molecule is CCc1ccc(-c2nc(CC(=O)NC(CC(=O)OC)c3ccccc3)cs2)cc1. The van der Waals surface area contributed by atoms with Gasteiger partial charge in [0, 0.05) is 10.9 Å². The number of thiazole rings is 1. The van der Waals surface area contributed by atoms with Crippen molar-refractivity contribution in [2.75, 3.05) is 7.11 Å². The average molecular weight is 409 g/mol. The van der Waals surface area contributed by atoms with E-state index in [9.17, 15) is 9.59 Å². The third kappa shape index (κ3) is 5.74. The van der Waals surface area contributed by atoms with Gasteiger partial charge in [-0.1, -0.05) is 61.5 Å². The third-order valence-electron chi connectivity index (χ3n) is 4.64. The van der Waals surface area contributed by atoms with E-state index in [0.29, 0.717) is 5.69 Å². The zero-order valence-electron chi connectivity index (χ0n) is 16.6. The molecule has 0 aliphatic carbocycles. The van der Waals surface area contributed by atoms with Crippen LogP contribution in [-0.4, -0.2) is 24.0 Å². The Morgan fingerprint density at radius 1 is 1.10 bits per heavy atom. The Balaban J connectivity index is 1.67. The molecule has 0 spiro atoms. The largest absolute Gasteiger partial charge is 0.469 e. The fourth-order valence-electron chi connectivity index (χ4n) is 3.00. The van der Waals surface area contributed by atoms with Crippen LogP contribution in [0.4, 0.5) is 0 Å². The topological polar surface area (TPSA) is 68.3 Å². The molecule has 1 amide bonds. The number of carbonyl (C=O) groups is 2. The van der Waals surface area contributed by atoms with E-state index in [4.69, 9.17) is 4.74 Å². The summed E-state index contributed by atoms with van der Waals surface area (Å²) in [4.78, 5) is 29.0. The highest BCUT2D eigenvalue weighted by Gasteiger charge is 2.19. The van der Waals surface area contributed by atoms with Crippen LogP contribution in [0.15, 0.2) is 60.0 Å². The van der Waals surface area contributed by atoms with Crippen LogP contribution in [0.2, 0.25) is 0 Å². The zero-order chi connectivity index (χ0) is 20.6. The maximum Gasteiger partial charge on any atom is 0.307 e. The van der Waals surface area contributed by atoms with Crippen molar-refractivity contribution in [2.45, 2.75) is 32.2 Å². The molecule has 0 aliphatic rings. The van der Waals surface area contributed by atoms with E-state index in [1.807, 2.05) is 35.7 Å². The Hall–Kier alpha value is -2.99. The van der Waals surface area contributed by atoms with Crippen molar-refractivity contribution < 1.29 is 14.3 Å².